The van der Waals surface area contributed by atoms with Gasteiger partial charge in [0.05, 0.1) is 12.0 Å². The minimum Gasteiger partial charge on any atom is -0.426 e. The van der Waals surface area contributed by atoms with E-state index >= 15 is 0 Å². The van der Waals surface area contributed by atoms with Crippen LogP contribution in [-0.2, 0) is 14.9 Å². The summed E-state index contributed by atoms with van der Waals surface area (Å²) in [5.41, 5.74) is 4.70. The number of carbonyl (C=O) groups is 1. The molecular formula is C33H30O6S. The fourth-order valence-corrected chi connectivity index (χ4v) is 8.55. The van der Waals surface area contributed by atoms with E-state index in [1.807, 2.05) is 24.3 Å². The molecule has 0 spiro atoms. The lowest BCUT2D eigenvalue weighted by Crippen LogP contribution is -2.50. The number of benzene rings is 4. The van der Waals surface area contributed by atoms with Gasteiger partial charge in [-0.2, -0.15) is 8.42 Å². The molecule has 1 fully saturated rings. The third-order valence-corrected chi connectivity index (χ3v) is 10.3. The van der Waals surface area contributed by atoms with Crippen LogP contribution in [0.25, 0.3) is 10.8 Å². The highest BCUT2D eigenvalue weighted by Gasteiger charge is 2.56. The molecule has 6 nitrogen and oxygen atoms in total. The molecule has 4 unspecified atom stereocenters. The van der Waals surface area contributed by atoms with E-state index in [1.165, 1.54) is 23.3 Å². The molecule has 2 N–H and O–H groups in total. The van der Waals surface area contributed by atoms with Crippen LogP contribution in [0, 0.1) is 17.8 Å². The van der Waals surface area contributed by atoms with Crippen LogP contribution in [0.4, 0.5) is 0 Å². The van der Waals surface area contributed by atoms with E-state index in [0.29, 0.717) is 5.39 Å². The fourth-order valence-electron chi connectivity index (χ4n) is 7.85. The molecule has 4 aliphatic carbocycles. The lowest BCUT2D eigenvalue weighted by Gasteiger charge is -2.53. The van der Waals surface area contributed by atoms with E-state index in [-0.39, 0.29) is 45.7 Å². The van der Waals surface area contributed by atoms with Crippen molar-refractivity contribution in [3.63, 3.8) is 0 Å². The molecule has 2 bridgehead atoms. The van der Waals surface area contributed by atoms with Crippen LogP contribution < -0.4 is 4.74 Å². The minimum absolute atomic E-state index is 0.0358. The Morgan fingerprint density at radius 1 is 0.725 bits per heavy atom. The van der Waals surface area contributed by atoms with Crippen LogP contribution >= 0.6 is 0 Å². The predicted octanol–water partition coefficient (Wildman–Crippen LogP) is 6.07. The zero-order chi connectivity index (χ0) is 27.6. The predicted molar refractivity (Wildman–Crippen MR) is 151 cm³/mol. The molecule has 40 heavy (non-hydrogen) atoms. The highest BCUT2D eigenvalue weighted by Crippen LogP contribution is 2.61. The van der Waals surface area contributed by atoms with Crippen molar-refractivity contribution in [1.82, 2.24) is 0 Å². The maximum atomic E-state index is 14.4. The average Bonchev–Trinajstić information content (AvgIpc) is 2.96. The van der Waals surface area contributed by atoms with Crippen molar-refractivity contribution < 1.29 is 27.6 Å². The van der Waals surface area contributed by atoms with Gasteiger partial charge in [0.15, 0.2) is 0 Å². The van der Waals surface area contributed by atoms with Crippen molar-refractivity contribution in [1.29, 1.82) is 0 Å². The summed E-state index contributed by atoms with van der Waals surface area (Å²) >= 11 is 0. The Kier molecular flexibility index (Phi) is 6.07. The first-order valence-electron chi connectivity index (χ1n) is 13.9. The third-order valence-electron chi connectivity index (χ3n) is 9.37. The Hall–Kier alpha value is -3.52. The summed E-state index contributed by atoms with van der Waals surface area (Å²) in [7, 11) is -4.47. The van der Waals surface area contributed by atoms with Gasteiger partial charge in [0.25, 0.3) is 10.1 Å². The topological polar surface area (TPSA) is 101 Å². The fraction of sp³-hybridized carbons (Fsp3) is 0.303. The standard InChI is InChI=1S/C33H30O6S/c34-26-16-8-7-15-25(26)31-29-21-11-3-5-13-23(21)30(24-14-6-4-12-22(24)29)32(31)33(35)39-27-17-18-28(40(36,37)38)20-10-2-1-9-19(20)27/h1-6,9-14,17-18,25-26,29-32,34H,7-8,15-16H2,(H,36,37,38). The summed E-state index contributed by atoms with van der Waals surface area (Å²) in [6.07, 6.45) is 3.10. The molecule has 0 radical (unpaired) electrons. The average molecular weight is 555 g/mol. The summed E-state index contributed by atoms with van der Waals surface area (Å²) in [5, 5.41) is 12.0. The quantitative estimate of drug-likeness (QED) is 0.181. The van der Waals surface area contributed by atoms with Crippen molar-refractivity contribution in [3.05, 3.63) is 107 Å². The van der Waals surface area contributed by atoms with Crippen LogP contribution in [-0.4, -0.2) is 30.2 Å². The molecule has 7 heteroatoms. The largest absolute Gasteiger partial charge is 0.426 e. The van der Waals surface area contributed by atoms with Gasteiger partial charge in [-0.3, -0.25) is 9.35 Å². The first-order chi connectivity index (χ1) is 19.3. The normalized spacial score (nSPS) is 27.1. The Balaban J connectivity index is 1.37. The van der Waals surface area contributed by atoms with Gasteiger partial charge in [-0.25, -0.2) is 0 Å². The maximum absolute atomic E-state index is 14.4. The third kappa shape index (κ3) is 3.91. The smallest absolute Gasteiger partial charge is 0.315 e. The van der Waals surface area contributed by atoms with Crippen molar-refractivity contribution in [2.24, 2.45) is 17.8 Å². The molecular weight excluding hydrogens is 524 g/mol. The molecule has 1 saturated carbocycles. The summed E-state index contributed by atoms with van der Waals surface area (Å²) in [4.78, 5) is 14.2. The minimum atomic E-state index is -4.47. The first kappa shape index (κ1) is 25.4. The van der Waals surface area contributed by atoms with E-state index in [9.17, 15) is 22.9 Å². The van der Waals surface area contributed by atoms with Gasteiger partial charge in [-0.05, 0) is 59.1 Å². The van der Waals surface area contributed by atoms with Crippen molar-refractivity contribution in [2.45, 2.75) is 48.5 Å². The molecule has 8 rings (SSSR count). The molecule has 0 aliphatic heterocycles. The Morgan fingerprint density at radius 2 is 1.27 bits per heavy atom. The second-order valence-corrected chi connectivity index (χ2v) is 12.7. The SMILES string of the molecule is O=C(Oc1ccc(S(=O)(=O)O)c2ccccc12)C1C2c3ccccc3C(c3ccccc32)C1C1CCCCC1O. The number of hydrogen-bond donors (Lipinski definition) is 2. The van der Waals surface area contributed by atoms with Gasteiger partial charge in [-0.15, -0.1) is 0 Å². The second-order valence-electron chi connectivity index (χ2n) is 11.3. The van der Waals surface area contributed by atoms with E-state index in [2.05, 4.69) is 24.3 Å². The zero-order valence-electron chi connectivity index (χ0n) is 21.8. The Bertz CT molecular complexity index is 1700. The molecule has 4 aromatic carbocycles. The van der Waals surface area contributed by atoms with Gasteiger partial charge in [-0.1, -0.05) is 85.6 Å². The summed E-state index contributed by atoms with van der Waals surface area (Å²) < 4.78 is 40.0. The van der Waals surface area contributed by atoms with E-state index in [4.69, 9.17) is 4.74 Å². The van der Waals surface area contributed by atoms with Gasteiger partial charge < -0.3 is 9.84 Å². The summed E-state index contributed by atoms with van der Waals surface area (Å²) in [6.45, 7) is 0. The van der Waals surface area contributed by atoms with Crippen molar-refractivity contribution >= 4 is 26.9 Å². The number of ether oxygens (including phenoxy) is 1. The van der Waals surface area contributed by atoms with Gasteiger partial charge >= 0.3 is 5.97 Å². The number of hydrogen-bond acceptors (Lipinski definition) is 5. The van der Waals surface area contributed by atoms with Crippen LogP contribution in [0.15, 0.2) is 89.8 Å². The van der Waals surface area contributed by atoms with Crippen LogP contribution in [0.1, 0.15) is 59.8 Å². The van der Waals surface area contributed by atoms with Crippen LogP contribution in [0.2, 0.25) is 0 Å². The highest BCUT2D eigenvalue weighted by molar-refractivity contribution is 7.86. The highest BCUT2D eigenvalue weighted by atomic mass is 32.2. The number of fused-ring (bicyclic) bond motifs is 2. The molecule has 4 atom stereocenters. The lowest BCUT2D eigenvalue weighted by atomic mass is 9.50. The number of esters is 1. The molecule has 204 valence electrons. The Labute approximate surface area is 233 Å². The summed E-state index contributed by atoms with van der Waals surface area (Å²) in [6, 6.07) is 26.1. The van der Waals surface area contributed by atoms with Crippen LogP contribution in [0.5, 0.6) is 5.75 Å². The number of carbonyl (C=O) groups excluding carboxylic acids is 1. The van der Waals surface area contributed by atoms with E-state index in [1.54, 1.807) is 24.3 Å². The second kappa shape index (κ2) is 9.54. The molecule has 0 heterocycles. The number of rotatable bonds is 4. The van der Waals surface area contributed by atoms with E-state index in [0.717, 1.165) is 36.8 Å². The monoisotopic (exact) mass is 554 g/mol. The maximum Gasteiger partial charge on any atom is 0.315 e. The number of aliphatic hydroxyl groups is 1. The van der Waals surface area contributed by atoms with E-state index < -0.39 is 22.1 Å². The summed E-state index contributed by atoms with van der Waals surface area (Å²) in [5.74, 6) is -1.09. The van der Waals surface area contributed by atoms with Gasteiger partial charge in [0.2, 0.25) is 0 Å². The zero-order valence-corrected chi connectivity index (χ0v) is 22.6. The van der Waals surface area contributed by atoms with Gasteiger partial charge in [0, 0.05) is 22.6 Å². The molecule has 4 aromatic rings. The first-order valence-corrected chi connectivity index (χ1v) is 15.3. The van der Waals surface area contributed by atoms with Crippen molar-refractivity contribution in [3.8, 4) is 5.75 Å². The lowest BCUT2D eigenvalue weighted by molar-refractivity contribution is -0.145. The van der Waals surface area contributed by atoms with Crippen molar-refractivity contribution in [2.75, 3.05) is 0 Å². The molecule has 0 aromatic heterocycles. The molecule has 0 amide bonds. The van der Waals surface area contributed by atoms with Gasteiger partial charge in [0.1, 0.15) is 10.6 Å². The van der Waals surface area contributed by atoms with Crippen LogP contribution in [0.3, 0.4) is 0 Å². The Morgan fingerprint density at radius 3 is 1.88 bits per heavy atom. The molecule has 4 aliphatic rings. The molecule has 0 saturated heterocycles. The number of aliphatic hydroxyl groups excluding tert-OH is 1.